The minimum Gasteiger partial charge on any atom is -0.493 e. The topological polar surface area (TPSA) is 72.8 Å². The molecule has 0 atom stereocenters. The fourth-order valence-electron chi connectivity index (χ4n) is 2.54. The van der Waals surface area contributed by atoms with Crippen molar-refractivity contribution in [2.75, 3.05) is 14.2 Å². The van der Waals surface area contributed by atoms with Crippen molar-refractivity contribution in [1.82, 2.24) is 0 Å². The molecule has 0 aliphatic carbocycles. The van der Waals surface area contributed by atoms with Gasteiger partial charge in [-0.15, -0.1) is 0 Å². The van der Waals surface area contributed by atoms with Gasteiger partial charge in [0.05, 0.1) is 19.1 Å². The van der Waals surface area contributed by atoms with Gasteiger partial charge in [0.2, 0.25) is 0 Å². The maximum atomic E-state index is 11.4. The van der Waals surface area contributed by atoms with Gasteiger partial charge in [0, 0.05) is 5.56 Å². The minimum absolute atomic E-state index is 0.120. The summed E-state index contributed by atoms with van der Waals surface area (Å²) in [5, 5.41) is 1.59. The summed E-state index contributed by atoms with van der Waals surface area (Å²) in [6, 6.07) is 6.33. The number of rotatable bonds is 6. The van der Waals surface area contributed by atoms with Crippen LogP contribution < -0.4 is 9.47 Å². The van der Waals surface area contributed by atoms with Gasteiger partial charge in [-0.2, -0.15) is 8.42 Å². The maximum absolute atomic E-state index is 11.4. The summed E-state index contributed by atoms with van der Waals surface area (Å²) in [5.74, 6) is 1.22. The molecule has 0 spiro atoms. The van der Waals surface area contributed by atoms with E-state index in [9.17, 15) is 13.0 Å². The molecule has 2 aromatic carbocycles. The van der Waals surface area contributed by atoms with Crippen LogP contribution >= 0.6 is 0 Å². The molecular weight excluding hydrogens is 304 g/mol. The molecule has 120 valence electrons. The third-order valence-electron chi connectivity index (χ3n) is 3.64. The molecule has 5 nitrogen and oxygen atoms in total. The fraction of sp³-hybridized carbons (Fsp3) is 0.375. The number of aryl methyl sites for hydroxylation is 1. The summed E-state index contributed by atoms with van der Waals surface area (Å²) in [5.41, 5.74) is 0.893. The molecule has 0 aromatic heterocycles. The van der Waals surface area contributed by atoms with Crippen molar-refractivity contribution in [2.24, 2.45) is 0 Å². The quantitative estimate of drug-likeness (QED) is 0.824. The highest BCUT2D eigenvalue weighted by molar-refractivity contribution is 7.85. The van der Waals surface area contributed by atoms with Gasteiger partial charge >= 0.3 is 0 Å². The lowest BCUT2D eigenvalue weighted by Crippen LogP contribution is -2.01. The third-order valence-corrected chi connectivity index (χ3v) is 4.49. The van der Waals surface area contributed by atoms with E-state index in [2.05, 4.69) is 6.92 Å². The summed E-state index contributed by atoms with van der Waals surface area (Å²) >= 11 is 0. The van der Waals surface area contributed by atoms with Crippen molar-refractivity contribution in [1.29, 1.82) is 0 Å². The Balaban J connectivity index is 2.79. The maximum Gasteiger partial charge on any atom is 0.294 e. The summed E-state index contributed by atoms with van der Waals surface area (Å²) in [6.45, 7) is 2.08. The number of fused-ring (bicyclic) bond motifs is 1. The monoisotopic (exact) mass is 324 g/mol. The summed E-state index contributed by atoms with van der Waals surface area (Å²) in [7, 11) is -1.11. The van der Waals surface area contributed by atoms with Gasteiger partial charge in [-0.25, -0.2) is 0 Å². The van der Waals surface area contributed by atoms with E-state index in [0.717, 1.165) is 35.6 Å². The van der Waals surface area contributed by atoms with Crippen LogP contribution in [0.3, 0.4) is 0 Å². The SMILES string of the molecule is CCCCc1c(OC)c(OC)cc2ccc(S(=O)(=O)O)cc12. The Bertz CT molecular complexity index is 781. The zero-order valence-electron chi connectivity index (χ0n) is 12.9. The molecule has 0 bridgehead atoms. The average molecular weight is 324 g/mol. The molecule has 0 radical (unpaired) electrons. The second kappa shape index (κ2) is 6.54. The second-order valence-electron chi connectivity index (χ2n) is 5.05. The van der Waals surface area contributed by atoms with E-state index in [4.69, 9.17) is 9.47 Å². The standard InChI is InChI=1S/C16H20O5S/c1-4-5-6-13-14-10-12(22(17,18)19)8-7-11(14)9-15(20-2)16(13)21-3/h7-10H,4-6H2,1-3H3,(H,17,18,19). The smallest absolute Gasteiger partial charge is 0.294 e. The number of hydrogen-bond acceptors (Lipinski definition) is 4. The van der Waals surface area contributed by atoms with E-state index >= 15 is 0 Å². The zero-order valence-corrected chi connectivity index (χ0v) is 13.7. The van der Waals surface area contributed by atoms with Gasteiger partial charge in [0.1, 0.15) is 0 Å². The first-order valence-electron chi connectivity index (χ1n) is 7.07. The van der Waals surface area contributed by atoms with Crippen LogP contribution in [0.25, 0.3) is 10.8 Å². The van der Waals surface area contributed by atoms with Gasteiger partial charge in [-0.05, 0) is 41.8 Å². The Hall–Kier alpha value is -1.79. The number of hydrogen-bond donors (Lipinski definition) is 1. The third kappa shape index (κ3) is 3.18. The van der Waals surface area contributed by atoms with Gasteiger partial charge in [0.25, 0.3) is 10.1 Å². The first-order valence-corrected chi connectivity index (χ1v) is 8.51. The molecule has 0 unspecified atom stereocenters. The van der Waals surface area contributed by atoms with E-state index in [1.807, 2.05) is 0 Å². The minimum atomic E-state index is -4.24. The van der Waals surface area contributed by atoms with Gasteiger partial charge in [-0.1, -0.05) is 19.4 Å². The molecule has 6 heteroatoms. The van der Waals surface area contributed by atoms with E-state index in [-0.39, 0.29) is 4.90 Å². The van der Waals surface area contributed by atoms with Crippen LogP contribution in [0.15, 0.2) is 29.2 Å². The van der Waals surface area contributed by atoms with E-state index in [0.29, 0.717) is 11.5 Å². The lowest BCUT2D eigenvalue weighted by molar-refractivity contribution is 0.352. The predicted octanol–water partition coefficient (Wildman–Crippen LogP) is 3.45. The molecule has 0 amide bonds. The Morgan fingerprint density at radius 1 is 1.14 bits per heavy atom. The number of ether oxygens (including phenoxy) is 2. The molecule has 0 aliphatic rings. The van der Waals surface area contributed by atoms with Crippen LogP contribution in [0, 0.1) is 0 Å². The van der Waals surface area contributed by atoms with E-state index in [1.165, 1.54) is 12.1 Å². The first kappa shape index (κ1) is 16.6. The van der Waals surface area contributed by atoms with Crippen LogP contribution in [0.5, 0.6) is 11.5 Å². The number of methoxy groups -OCH3 is 2. The molecule has 0 fully saturated rings. The summed E-state index contributed by atoms with van der Waals surface area (Å²) in [6.07, 6.45) is 2.68. The van der Waals surface area contributed by atoms with Crippen LogP contribution in [-0.2, 0) is 16.5 Å². The molecule has 0 heterocycles. The summed E-state index contributed by atoms with van der Waals surface area (Å²) < 4.78 is 42.8. The molecular formula is C16H20O5S. The number of unbranched alkanes of at least 4 members (excludes halogenated alkanes) is 1. The van der Waals surface area contributed by atoms with Crippen molar-refractivity contribution >= 4 is 20.9 Å². The van der Waals surface area contributed by atoms with E-state index < -0.39 is 10.1 Å². The number of benzene rings is 2. The fourth-order valence-corrected chi connectivity index (χ4v) is 3.04. The van der Waals surface area contributed by atoms with Gasteiger partial charge in [-0.3, -0.25) is 4.55 Å². The van der Waals surface area contributed by atoms with Crippen molar-refractivity contribution < 1.29 is 22.4 Å². The average Bonchev–Trinajstić information content (AvgIpc) is 2.49. The molecule has 2 aromatic rings. The van der Waals surface area contributed by atoms with Crippen LogP contribution in [-0.4, -0.2) is 27.2 Å². The van der Waals surface area contributed by atoms with Crippen LogP contribution in [0.1, 0.15) is 25.3 Å². The molecule has 0 saturated carbocycles. The highest BCUT2D eigenvalue weighted by Crippen LogP contribution is 2.39. The van der Waals surface area contributed by atoms with Gasteiger partial charge in [0.15, 0.2) is 11.5 Å². The second-order valence-corrected chi connectivity index (χ2v) is 6.47. The molecule has 0 saturated heterocycles. The Labute approximate surface area is 130 Å². The largest absolute Gasteiger partial charge is 0.493 e. The molecule has 0 aliphatic heterocycles. The molecule has 1 N–H and O–H groups in total. The van der Waals surface area contributed by atoms with Gasteiger partial charge < -0.3 is 9.47 Å². The van der Waals surface area contributed by atoms with Crippen LogP contribution in [0.2, 0.25) is 0 Å². The van der Waals surface area contributed by atoms with Crippen molar-refractivity contribution in [3.8, 4) is 11.5 Å². The molecule has 2 rings (SSSR count). The predicted molar refractivity (Wildman–Crippen MR) is 85.5 cm³/mol. The van der Waals surface area contributed by atoms with Crippen molar-refractivity contribution in [2.45, 2.75) is 31.1 Å². The highest BCUT2D eigenvalue weighted by Gasteiger charge is 2.17. The zero-order chi connectivity index (χ0) is 16.3. The van der Waals surface area contributed by atoms with Crippen molar-refractivity contribution in [3.63, 3.8) is 0 Å². The lowest BCUT2D eigenvalue weighted by Gasteiger charge is -2.16. The Morgan fingerprint density at radius 2 is 1.86 bits per heavy atom. The lowest BCUT2D eigenvalue weighted by atomic mass is 9.98. The highest BCUT2D eigenvalue weighted by atomic mass is 32.2. The first-order chi connectivity index (χ1) is 10.4. The van der Waals surface area contributed by atoms with Crippen LogP contribution in [0.4, 0.5) is 0 Å². The summed E-state index contributed by atoms with van der Waals surface area (Å²) in [4.78, 5) is -0.120. The van der Waals surface area contributed by atoms with Crippen molar-refractivity contribution in [3.05, 3.63) is 29.8 Å². The normalized spacial score (nSPS) is 11.6. The Kier molecular flexibility index (Phi) is 4.93. The molecule has 22 heavy (non-hydrogen) atoms. The van der Waals surface area contributed by atoms with E-state index in [1.54, 1.807) is 26.4 Å². The Morgan fingerprint density at radius 3 is 2.41 bits per heavy atom.